The van der Waals surface area contributed by atoms with Crippen LogP contribution in [0.25, 0.3) is 0 Å². The highest BCUT2D eigenvalue weighted by atomic mass is 19.1. The normalized spacial score (nSPS) is 19.3. The Balaban J connectivity index is 2.22. The first-order chi connectivity index (χ1) is 9.17. The second kappa shape index (κ2) is 5.99. The average Bonchev–Trinajstić information content (AvgIpc) is 2.47. The molecule has 2 rings (SSSR count). The van der Waals surface area contributed by atoms with Crippen LogP contribution in [-0.2, 0) is 0 Å². The molecule has 1 aromatic rings. The molecule has 19 heavy (non-hydrogen) atoms. The number of halogens is 1. The third kappa shape index (κ3) is 2.85. The van der Waals surface area contributed by atoms with E-state index in [0.29, 0.717) is 25.2 Å². The van der Waals surface area contributed by atoms with Gasteiger partial charge in [0, 0.05) is 31.7 Å². The molecule has 3 N–H and O–H groups in total. The molecule has 1 atom stereocenters. The summed E-state index contributed by atoms with van der Waals surface area (Å²) >= 11 is 0. The Labute approximate surface area is 111 Å². The van der Waals surface area contributed by atoms with Gasteiger partial charge in [0.15, 0.2) is 11.6 Å². The minimum Gasteiger partial charge on any atom is -0.494 e. The highest BCUT2D eigenvalue weighted by molar-refractivity contribution is 5.95. The quantitative estimate of drug-likeness (QED) is 0.821. The molecule has 0 spiro atoms. The third-order valence-electron chi connectivity index (χ3n) is 3.28. The van der Waals surface area contributed by atoms with Gasteiger partial charge >= 0.3 is 0 Å². The van der Waals surface area contributed by atoms with Gasteiger partial charge in [-0.05, 0) is 18.2 Å². The van der Waals surface area contributed by atoms with E-state index in [0.717, 1.165) is 6.54 Å². The lowest BCUT2D eigenvalue weighted by atomic mass is 10.1. The number of hydrogen-bond acceptors (Lipinski definition) is 4. The Kier molecular flexibility index (Phi) is 4.34. The SMILES string of the molecule is COc1cc(C(=O)N2CCNCC2CN)ccc1F. The summed E-state index contributed by atoms with van der Waals surface area (Å²) in [5.74, 6) is -0.546. The number of benzene rings is 1. The summed E-state index contributed by atoms with van der Waals surface area (Å²) in [5.41, 5.74) is 6.09. The van der Waals surface area contributed by atoms with Gasteiger partial charge in [0.1, 0.15) is 0 Å². The smallest absolute Gasteiger partial charge is 0.254 e. The van der Waals surface area contributed by atoms with Crippen molar-refractivity contribution in [1.82, 2.24) is 10.2 Å². The first-order valence-corrected chi connectivity index (χ1v) is 6.22. The van der Waals surface area contributed by atoms with E-state index >= 15 is 0 Å². The molecule has 0 aliphatic carbocycles. The number of hydrogen-bond donors (Lipinski definition) is 2. The number of ether oxygens (including phenoxy) is 1. The lowest BCUT2D eigenvalue weighted by Crippen LogP contribution is -2.56. The number of methoxy groups -OCH3 is 1. The molecule has 104 valence electrons. The summed E-state index contributed by atoms with van der Waals surface area (Å²) in [4.78, 5) is 14.1. The average molecular weight is 267 g/mol. The second-order valence-electron chi connectivity index (χ2n) is 4.44. The van der Waals surface area contributed by atoms with E-state index in [1.165, 1.54) is 25.3 Å². The molecule has 6 heteroatoms. The van der Waals surface area contributed by atoms with Crippen LogP contribution < -0.4 is 15.8 Å². The maximum absolute atomic E-state index is 13.3. The first kappa shape index (κ1) is 13.8. The Morgan fingerprint density at radius 3 is 3.11 bits per heavy atom. The molecular weight excluding hydrogens is 249 g/mol. The largest absolute Gasteiger partial charge is 0.494 e. The summed E-state index contributed by atoms with van der Waals surface area (Å²) in [7, 11) is 1.38. The van der Waals surface area contributed by atoms with Gasteiger partial charge in [-0.3, -0.25) is 4.79 Å². The van der Waals surface area contributed by atoms with Crippen LogP contribution in [0, 0.1) is 5.82 Å². The van der Waals surface area contributed by atoms with E-state index in [4.69, 9.17) is 10.5 Å². The van der Waals surface area contributed by atoms with Crippen molar-refractivity contribution in [1.29, 1.82) is 0 Å². The molecule has 0 radical (unpaired) electrons. The molecule has 1 aliphatic heterocycles. The van der Waals surface area contributed by atoms with Crippen molar-refractivity contribution >= 4 is 5.91 Å². The van der Waals surface area contributed by atoms with Gasteiger partial charge in [0.25, 0.3) is 5.91 Å². The molecular formula is C13H18FN3O2. The lowest BCUT2D eigenvalue weighted by Gasteiger charge is -2.35. The minimum absolute atomic E-state index is 0.0303. The Hall–Kier alpha value is -1.66. The van der Waals surface area contributed by atoms with Gasteiger partial charge in [-0.1, -0.05) is 0 Å². The van der Waals surface area contributed by atoms with Crippen LogP contribution in [0.3, 0.4) is 0 Å². The summed E-state index contributed by atoms with van der Waals surface area (Å²) in [6.07, 6.45) is 0. The predicted molar refractivity (Wildman–Crippen MR) is 69.7 cm³/mol. The molecule has 1 fully saturated rings. The number of amides is 1. The van der Waals surface area contributed by atoms with Crippen molar-refractivity contribution in [3.05, 3.63) is 29.6 Å². The van der Waals surface area contributed by atoms with Crippen LogP contribution in [0.15, 0.2) is 18.2 Å². The van der Waals surface area contributed by atoms with Crippen LogP contribution in [-0.4, -0.2) is 50.1 Å². The van der Waals surface area contributed by atoms with Crippen molar-refractivity contribution in [2.75, 3.05) is 33.3 Å². The summed E-state index contributed by atoms with van der Waals surface area (Å²) in [6.45, 7) is 2.42. The van der Waals surface area contributed by atoms with Crippen molar-refractivity contribution in [2.45, 2.75) is 6.04 Å². The van der Waals surface area contributed by atoms with E-state index in [-0.39, 0.29) is 17.7 Å². The minimum atomic E-state index is -0.477. The number of nitrogens with one attached hydrogen (secondary N) is 1. The molecule has 0 saturated carbocycles. The van der Waals surface area contributed by atoms with E-state index in [2.05, 4.69) is 5.32 Å². The standard InChI is InChI=1S/C13H18FN3O2/c1-19-12-6-9(2-3-11(12)14)13(18)17-5-4-16-8-10(17)7-15/h2-3,6,10,16H,4-5,7-8,15H2,1H3. The van der Waals surface area contributed by atoms with Gasteiger partial charge in [-0.25, -0.2) is 4.39 Å². The van der Waals surface area contributed by atoms with E-state index in [9.17, 15) is 9.18 Å². The lowest BCUT2D eigenvalue weighted by molar-refractivity contribution is 0.0644. The van der Waals surface area contributed by atoms with Crippen LogP contribution in [0.2, 0.25) is 0 Å². The van der Waals surface area contributed by atoms with Crippen molar-refractivity contribution in [2.24, 2.45) is 5.73 Å². The predicted octanol–water partition coefficient (Wildman–Crippen LogP) is 0.207. The number of rotatable bonds is 3. The summed E-state index contributed by atoms with van der Waals surface area (Å²) in [6, 6.07) is 4.10. The van der Waals surface area contributed by atoms with Crippen LogP contribution in [0.5, 0.6) is 5.75 Å². The zero-order valence-electron chi connectivity index (χ0n) is 10.9. The number of piperazine rings is 1. The van der Waals surface area contributed by atoms with Crippen molar-refractivity contribution in [3.63, 3.8) is 0 Å². The number of nitrogens with two attached hydrogens (primary N) is 1. The van der Waals surface area contributed by atoms with E-state index in [1.807, 2.05) is 0 Å². The summed E-state index contributed by atoms with van der Waals surface area (Å²) in [5, 5.41) is 3.20. The van der Waals surface area contributed by atoms with Crippen LogP contribution >= 0.6 is 0 Å². The number of nitrogens with zero attached hydrogens (tertiary/aromatic N) is 1. The molecule has 1 aliphatic rings. The topological polar surface area (TPSA) is 67.6 Å². The molecule has 1 unspecified atom stereocenters. The van der Waals surface area contributed by atoms with Crippen molar-refractivity contribution in [3.8, 4) is 5.75 Å². The van der Waals surface area contributed by atoms with Gasteiger partial charge in [0.2, 0.25) is 0 Å². The fourth-order valence-electron chi connectivity index (χ4n) is 2.20. The summed E-state index contributed by atoms with van der Waals surface area (Å²) < 4.78 is 18.2. The van der Waals surface area contributed by atoms with Gasteiger partial charge in [-0.2, -0.15) is 0 Å². The number of carbonyl (C=O) groups excluding carboxylic acids is 1. The van der Waals surface area contributed by atoms with E-state index in [1.54, 1.807) is 4.90 Å². The van der Waals surface area contributed by atoms with Crippen molar-refractivity contribution < 1.29 is 13.9 Å². The Bertz CT molecular complexity index is 467. The van der Waals surface area contributed by atoms with Gasteiger partial charge < -0.3 is 20.7 Å². The number of carbonyl (C=O) groups is 1. The first-order valence-electron chi connectivity index (χ1n) is 6.22. The van der Waals surface area contributed by atoms with Crippen LogP contribution in [0.1, 0.15) is 10.4 Å². The molecule has 1 amide bonds. The maximum Gasteiger partial charge on any atom is 0.254 e. The zero-order chi connectivity index (χ0) is 13.8. The molecule has 1 saturated heterocycles. The highest BCUT2D eigenvalue weighted by Gasteiger charge is 2.26. The zero-order valence-corrected chi connectivity index (χ0v) is 10.9. The fourth-order valence-corrected chi connectivity index (χ4v) is 2.20. The third-order valence-corrected chi connectivity index (χ3v) is 3.28. The molecule has 0 aromatic heterocycles. The highest BCUT2D eigenvalue weighted by Crippen LogP contribution is 2.20. The van der Waals surface area contributed by atoms with Gasteiger partial charge in [0.05, 0.1) is 13.2 Å². The molecule has 5 nitrogen and oxygen atoms in total. The fraction of sp³-hybridized carbons (Fsp3) is 0.462. The molecule has 1 aromatic carbocycles. The van der Waals surface area contributed by atoms with Gasteiger partial charge in [-0.15, -0.1) is 0 Å². The molecule has 1 heterocycles. The van der Waals surface area contributed by atoms with Crippen LogP contribution in [0.4, 0.5) is 4.39 Å². The van der Waals surface area contributed by atoms with E-state index < -0.39 is 5.82 Å². The Morgan fingerprint density at radius 2 is 2.42 bits per heavy atom. The Morgan fingerprint density at radius 1 is 1.63 bits per heavy atom. The second-order valence-corrected chi connectivity index (χ2v) is 4.44. The molecule has 0 bridgehead atoms. The maximum atomic E-state index is 13.3. The monoisotopic (exact) mass is 267 g/mol.